The van der Waals surface area contributed by atoms with E-state index in [9.17, 15) is 24.5 Å². The average Bonchev–Trinajstić information content (AvgIpc) is 2.86. The SMILES string of the molecule is Cc1ccc(C(=O)CN2C(=O)NC(C)(c3cccc([N+](=O)[O-])c3)C2=O)c(C)c1. The lowest BCUT2D eigenvalue weighted by molar-refractivity contribution is -0.385. The highest BCUT2D eigenvalue weighted by molar-refractivity contribution is 6.11. The lowest BCUT2D eigenvalue weighted by atomic mass is 9.91. The molecule has 144 valence electrons. The van der Waals surface area contributed by atoms with Gasteiger partial charge in [-0.15, -0.1) is 0 Å². The Hall–Kier alpha value is -3.55. The number of nitro groups is 1. The number of hydrogen-bond donors (Lipinski definition) is 1. The molecule has 1 aliphatic heterocycles. The average molecular weight is 381 g/mol. The van der Waals surface area contributed by atoms with E-state index in [4.69, 9.17) is 0 Å². The molecule has 8 heteroatoms. The predicted molar refractivity (Wildman–Crippen MR) is 101 cm³/mol. The molecule has 1 fully saturated rings. The molecule has 1 unspecified atom stereocenters. The Morgan fingerprint density at radius 3 is 2.54 bits per heavy atom. The summed E-state index contributed by atoms with van der Waals surface area (Å²) in [4.78, 5) is 49.3. The minimum atomic E-state index is -1.48. The minimum absolute atomic E-state index is 0.189. The van der Waals surface area contributed by atoms with Gasteiger partial charge in [0.1, 0.15) is 5.54 Å². The van der Waals surface area contributed by atoms with Crippen LogP contribution in [0.4, 0.5) is 10.5 Å². The van der Waals surface area contributed by atoms with Crippen LogP contribution in [0.1, 0.15) is 34.0 Å². The molecule has 0 saturated carbocycles. The fourth-order valence-corrected chi connectivity index (χ4v) is 3.32. The highest BCUT2D eigenvalue weighted by Crippen LogP contribution is 2.31. The van der Waals surface area contributed by atoms with Gasteiger partial charge < -0.3 is 5.32 Å². The number of non-ortho nitro benzene ring substituents is 1. The van der Waals surface area contributed by atoms with E-state index in [2.05, 4.69) is 5.32 Å². The molecule has 1 aliphatic rings. The first-order valence-corrected chi connectivity index (χ1v) is 8.63. The van der Waals surface area contributed by atoms with Crippen LogP contribution in [-0.4, -0.2) is 34.1 Å². The van der Waals surface area contributed by atoms with Crippen LogP contribution in [0.2, 0.25) is 0 Å². The van der Waals surface area contributed by atoms with E-state index in [1.165, 1.54) is 31.2 Å². The lowest BCUT2D eigenvalue weighted by Gasteiger charge is -2.22. The van der Waals surface area contributed by atoms with Crippen molar-refractivity contribution in [3.05, 3.63) is 74.8 Å². The van der Waals surface area contributed by atoms with Crippen LogP contribution in [0, 0.1) is 24.0 Å². The van der Waals surface area contributed by atoms with E-state index >= 15 is 0 Å². The molecule has 0 spiro atoms. The van der Waals surface area contributed by atoms with Gasteiger partial charge in [-0.05, 0) is 31.9 Å². The summed E-state index contributed by atoms with van der Waals surface area (Å²) < 4.78 is 0. The molecule has 1 saturated heterocycles. The number of ketones is 1. The van der Waals surface area contributed by atoms with E-state index in [0.717, 1.165) is 16.0 Å². The zero-order chi connectivity index (χ0) is 20.6. The number of carbonyl (C=O) groups excluding carboxylic acids is 3. The van der Waals surface area contributed by atoms with Crippen LogP contribution in [0.15, 0.2) is 42.5 Å². The first-order valence-electron chi connectivity index (χ1n) is 8.63. The standard InChI is InChI=1S/C20H19N3O5/c1-12-7-8-16(13(2)9-12)17(24)11-22-18(25)20(3,21-19(22)26)14-5-4-6-15(10-14)23(27)28/h4-10H,11H2,1-3H3,(H,21,26). The molecule has 0 bridgehead atoms. The van der Waals surface area contributed by atoms with Crippen molar-refractivity contribution >= 4 is 23.4 Å². The van der Waals surface area contributed by atoms with Crippen molar-refractivity contribution in [3.8, 4) is 0 Å². The Labute approximate surface area is 161 Å². The van der Waals surface area contributed by atoms with Gasteiger partial charge in [0.05, 0.1) is 11.5 Å². The summed E-state index contributed by atoms with van der Waals surface area (Å²) in [6, 6.07) is 10.1. The van der Waals surface area contributed by atoms with Crippen LogP contribution < -0.4 is 5.32 Å². The van der Waals surface area contributed by atoms with Crippen LogP contribution in [-0.2, 0) is 10.3 Å². The molecule has 8 nitrogen and oxygen atoms in total. The number of benzene rings is 2. The van der Waals surface area contributed by atoms with Crippen molar-refractivity contribution in [1.29, 1.82) is 0 Å². The summed E-state index contributed by atoms with van der Waals surface area (Å²) in [6.45, 7) is 4.76. The molecule has 2 aromatic rings. The summed E-state index contributed by atoms with van der Waals surface area (Å²) >= 11 is 0. The number of rotatable bonds is 5. The second-order valence-corrected chi connectivity index (χ2v) is 7.00. The van der Waals surface area contributed by atoms with Gasteiger partial charge in [-0.25, -0.2) is 4.79 Å². The van der Waals surface area contributed by atoms with Crippen molar-refractivity contribution < 1.29 is 19.3 Å². The van der Waals surface area contributed by atoms with Gasteiger partial charge in [0.25, 0.3) is 11.6 Å². The van der Waals surface area contributed by atoms with Crippen LogP contribution in [0.3, 0.4) is 0 Å². The fraction of sp³-hybridized carbons (Fsp3) is 0.250. The molecule has 3 amide bonds. The summed E-state index contributed by atoms with van der Waals surface area (Å²) in [5, 5.41) is 13.6. The molecule has 0 aromatic heterocycles. The number of urea groups is 1. The van der Waals surface area contributed by atoms with Gasteiger partial charge in [-0.2, -0.15) is 0 Å². The summed E-state index contributed by atoms with van der Waals surface area (Å²) in [5.41, 5.74) is 0.814. The molecule has 1 atom stereocenters. The van der Waals surface area contributed by atoms with Crippen LogP contribution in [0.25, 0.3) is 0 Å². The van der Waals surface area contributed by atoms with Crippen LogP contribution >= 0.6 is 0 Å². The van der Waals surface area contributed by atoms with Gasteiger partial charge >= 0.3 is 6.03 Å². The van der Waals surface area contributed by atoms with Gasteiger partial charge in [0, 0.05) is 17.7 Å². The number of hydrogen-bond acceptors (Lipinski definition) is 5. The highest BCUT2D eigenvalue weighted by atomic mass is 16.6. The van der Waals surface area contributed by atoms with E-state index in [1.54, 1.807) is 19.1 Å². The molecule has 28 heavy (non-hydrogen) atoms. The third-order valence-corrected chi connectivity index (χ3v) is 4.89. The quantitative estimate of drug-likeness (QED) is 0.371. The highest BCUT2D eigenvalue weighted by Gasteiger charge is 2.49. The van der Waals surface area contributed by atoms with Gasteiger partial charge in [-0.1, -0.05) is 35.9 Å². The van der Waals surface area contributed by atoms with Gasteiger partial charge in [0.15, 0.2) is 5.78 Å². The van der Waals surface area contributed by atoms with E-state index in [1.807, 2.05) is 13.0 Å². The van der Waals surface area contributed by atoms with E-state index in [-0.39, 0.29) is 17.0 Å². The second-order valence-electron chi connectivity index (χ2n) is 7.00. The third-order valence-electron chi connectivity index (χ3n) is 4.89. The summed E-state index contributed by atoms with van der Waals surface area (Å²) in [7, 11) is 0. The zero-order valence-corrected chi connectivity index (χ0v) is 15.7. The van der Waals surface area contributed by atoms with Crippen molar-refractivity contribution in [2.45, 2.75) is 26.3 Å². The number of Topliss-reactive ketones (excluding diaryl/α,β-unsaturated/α-hetero) is 1. The molecular weight excluding hydrogens is 362 g/mol. The minimum Gasteiger partial charge on any atom is -0.319 e. The molecule has 0 radical (unpaired) electrons. The van der Waals surface area contributed by atoms with E-state index < -0.39 is 28.9 Å². The number of nitro benzene ring substituents is 1. The van der Waals surface area contributed by atoms with Crippen LogP contribution in [0.5, 0.6) is 0 Å². The number of nitrogens with zero attached hydrogens (tertiary/aromatic N) is 2. The number of imide groups is 1. The fourth-order valence-electron chi connectivity index (χ4n) is 3.32. The van der Waals surface area contributed by atoms with Crippen molar-refractivity contribution in [1.82, 2.24) is 10.2 Å². The number of aryl methyl sites for hydroxylation is 2. The first-order chi connectivity index (χ1) is 13.1. The number of nitrogens with one attached hydrogen (secondary N) is 1. The molecule has 2 aromatic carbocycles. The van der Waals surface area contributed by atoms with E-state index in [0.29, 0.717) is 5.56 Å². The Morgan fingerprint density at radius 1 is 1.18 bits per heavy atom. The van der Waals surface area contributed by atoms with Crippen molar-refractivity contribution in [2.24, 2.45) is 0 Å². The Kier molecular flexibility index (Phi) is 4.72. The predicted octanol–water partition coefficient (Wildman–Crippen LogP) is 2.86. The van der Waals surface area contributed by atoms with Gasteiger partial charge in [-0.3, -0.25) is 24.6 Å². The monoisotopic (exact) mass is 381 g/mol. The van der Waals surface area contributed by atoms with Crippen molar-refractivity contribution in [2.75, 3.05) is 6.54 Å². The zero-order valence-electron chi connectivity index (χ0n) is 15.7. The maximum atomic E-state index is 12.9. The topological polar surface area (TPSA) is 110 Å². The van der Waals surface area contributed by atoms with Gasteiger partial charge in [0.2, 0.25) is 0 Å². The summed E-state index contributed by atoms with van der Waals surface area (Å²) in [5.74, 6) is -0.986. The second kappa shape index (κ2) is 6.88. The largest absolute Gasteiger partial charge is 0.325 e. The first kappa shape index (κ1) is 19.2. The number of carbonyl (C=O) groups is 3. The smallest absolute Gasteiger partial charge is 0.319 e. The maximum absolute atomic E-state index is 12.9. The third kappa shape index (κ3) is 3.24. The Morgan fingerprint density at radius 2 is 1.89 bits per heavy atom. The summed E-state index contributed by atoms with van der Waals surface area (Å²) in [6.07, 6.45) is 0. The number of amides is 3. The van der Waals surface area contributed by atoms with Crippen molar-refractivity contribution in [3.63, 3.8) is 0 Å². The lowest BCUT2D eigenvalue weighted by Crippen LogP contribution is -2.41. The maximum Gasteiger partial charge on any atom is 0.325 e. The molecule has 3 rings (SSSR count). The molecule has 1 heterocycles. The molecular formula is C20H19N3O5. The normalized spacial score (nSPS) is 18.9. The molecule has 0 aliphatic carbocycles. The molecule has 1 N–H and O–H groups in total. The Balaban J connectivity index is 1.88. The Bertz CT molecular complexity index is 1020.